The summed E-state index contributed by atoms with van der Waals surface area (Å²) in [6.07, 6.45) is 3.15. The molecule has 3 aliphatic rings. The lowest BCUT2D eigenvalue weighted by molar-refractivity contribution is -0.146. The van der Waals surface area contributed by atoms with Gasteiger partial charge in [-0.2, -0.15) is 0 Å². The quantitative estimate of drug-likeness (QED) is 0.827. The molecule has 2 bridgehead atoms. The number of carboxylic acids is 1. The van der Waals surface area contributed by atoms with Crippen molar-refractivity contribution in [3.05, 3.63) is 40.9 Å². The molecule has 1 aromatic carbocycles. The van der Waals surface area contributed by atoms with Gasteiger partial charge in [0, 0.05) is 10.2 Å². The van der Waals surface area contributed by atoms with Crippen LogP contribution in [0.15, 0.2) is 40.9 Å². The molecule has 4 atom stereocenters. The smallest absolute Gasteiger partial charge is 0.310 e. The van der Waals surface area contributed by atoms with E-state index >= 15 is 0 Å². The summed E-state index contributed by atoms with van der Waals surface area (Å²) in [5.41, 5.74) is -0.0192. The lowest BCUT2D eigenvalue weighted by atomic mass is 9.77. The highest BCUT2D eigenvalue weighted by molar-refractivity contribution is 9.10. The maximum absolute atomic E-state index is 12.7. The van der Waals surface area contributed by atoms with E-state index in [0.717, 1.165) is 10.2 Å². The van der Waals surface area contributed by atoms with Gasteiger partial charge in [-0.15, -0.1) is 0 Å². The first kappa shape index (κ1) is 13.0. The fourth-order valence-corrected chi connectivity index (χ4v) is 3.88. The average molecular weight is 350 g/mol. The molecule has 0 saturated carbocycles. The normalized spacial score (nSPS) is 36.3. The van der Waals surface area contributed by atoms with Gasteiger partial charge < -0.3 is 14.7 Å². The number of amides is 1. The molecule has 2 saturated heterocycles. The van der Waals surface area contributed by atoms with E-state index in [1.54, 1.807) is 11.0 Å². The van der Waals surface area contributed by atoms with Gasteiger partial charge in [0.15, 0.2) is 0 Å². The molecule has 6 heteroatoms. The molecule has 21 heavy (non-hydrogen) atoms. The monoisotopic (exact) mass is 349 g/mol. The first-order valence-corrected chi connectivity index (χ1v) is 7.48. The van der Waals surface area contributed by atoms with Crippen molar-refractivity contribution >= 4 is 33.5 Å². The van der Waals surface area contributed by atoms with E-state index in [1.807, 2.05) is 30.3 Å². The SMILES string of the molecule is O=C(O)[C@H]1[C@@H]2C=C[C@]3(CN(c4ccc(Br)cc4)C(=O)[C@H]13)O2. The summed E-state index contributed by atoms with van der Waals surface area (Å²) in [6, 6.07) is 7.39. The molecule has 1 spiro atoms. The van der Waals surface area contributed by atoms with Crippen LogP contribution >= 0.6 is 15.9 Å². The number of benzene rings is 1. The molecule has 1 N–H and O–H groups in total. The molecule has 5 nitrogen and oxygen atoms in total. The Bertz CT molecular complexity index is 671. The maximum atomic E-state index is 12.7. The highest BCUT2D eigenvalue weighted by Crippen LogP contribution is 2.52. The van der Waals surface area contributed by atoms with Crippen LogP contribution < -0.4 is 4.90 Å². The van der Waals surface area contributed by atoms with Crippen molar-refractivity contribution in [1.82, 2.24) is 0 Å². The van der Waals surface area contributed by atoms with E-state index in [-0.39, 0.29) is 5.91 Å². The predicted molar refractivity (Wildman–Crippen MR) is 77.9 cm³/mol. The van der Waals surface area contributed by atoms with E-state index in [0.29, 0.717) is 6.54 Å². The number of hydrogen-bond donors (Lipinski definition) is 1. The van der Waals surface area contributed by atoms with Crippen molar-refractivity contribution in [3.8, 4) is 0 Å². The third-order valence-corrected chi connectivity index (χ3v) is 5.05. The fourth-order valence-electron chi connectivity index (χ4n) is 3.62. The van der Waals surface area contributed by atoms with Crippen molar-refractivity contribution in [3.63, 3.8) is 0 Å². The highest BCUT2D eigenvalue weighted by Gasteiger charge is 2.67. The van der Waals surface area contributed by atoms with Gasteiger partial charge in [-0.05, 0) is 24.3 Å². The van der Waals surface area contributed by atoms with Gasteiger partial charge in [0.2, 0.25) is 5.91 Å². The minimum atomic E-state index is -0.970. The molecule has 0 unspecified atom stereocenters. The molecule has 1 amide bonds. The van der Waals surface area contributed by atoms with Crippen LogP contribution in [0.3, 0.4) is 0 Å². The van der Waals surface area contributed by atoms with Crippen LogP contribution in [-0.2, 0) is 14.3 Å². The number of aliphatic carboxylic acids is 1. The summed E-state index contributed by atoms with van der Waals surface area (Å²) >= 11 is 3.36. The third kappa shape index (κ3) is 1.66. The second-order valence-electron chi connectivity index (χ2n) is 5.64. The van der Waals surface area contributed by atoms with E-state index in [1.165, 1.54) is 0 Å². The average Bonchev–Trinajstić information content (AvgIpc) is 3.08. The summed E-state index contributed by atoms with van der Waals surface area (Å²) in [4.78, 5) is 25.8. The second-order valence-corrected chi connectivity index (χ2v) is 6.55. The lowest BCUT2D eigenvalue weighted by Crippen LogP contribution is -2.39. The van der Waals surface area contributed by atoms with Crippen molar-refractivity contribution in [2.45, 2.75) is 11.7 Å². The van der Waals surface area contributed by atoms with Gasteiger partial charge in [0.05, 0.1) is 18.6 Å². The fraction of sp³-hybridized carbons (Fsp3) is 0.333. The number of rotatable bonds is 2. The zero-order valence-corrected chi connectivity index (χ0v) is 12.5. The molecule has 1 aromatic rings. The van der Waals surface area contributed by atoms with Gasteiger partial charge in [0.25, 0.3) is 0 Å². The first-order valence-electron chi connectivity index (χ1n) is 6.69. The number of hydrogen-bond acceptors (Lipinski definition) is 3. The standard InChI is InChI=1S/C15H12BrNO4/c16-8-1-3-9(4-2-8)17-7-15-6-5-10(21-15)11(14(19)20)12(15)13(17)18/h1-6,10-12H,7H2,(H,19,20)/t10-,11-,12-,15+/m0/s1. The van der Waals surface area contributed by atoms with Gasteiger partial charge >= 0.3 is 5.97 Å². The molecule has 0 radical (unpaired) electrons. The van der Waals surface area contributed by atoms with Crippen LogP contribution in [0, 0.1) is 11.8 Å². The van der Waals surface area contributed by atoms with Crippen LogP contribution in [0.5, 0.6) is 0 Å². The number of halogens is 1. The zero-order chi connectivity index (χ0) is 14.8. The van der Waals surface area contributed by atoms with Gasteiger partial charge in [-0.3, -0.25) is 9.59 Å². The van der Waals surface area contributed by atoms with Gasteiger partial charge in [-0.25, -0.2) is 0 Å². The largest absolute Gasteiger partial charge is 0.481 e. The number of carbonyl (C=O) groups is 2. The highest BCUT2D eigenvalue weighted by atomic mass is 79.9. The predicted octanol–water partition coefficient (Wildman–Crippen LogP) is 1.82. The number of ether oxygens (including phenoxy) is 1. The number of anilines is 1. The van der Waals surface area contributed by atoms with E-state index in [4.69, 9.17) is 4.74 Å². The molecular formula is C15H12BrNO4. The Kier molecular flexibility index (Phi) is 2.59. The summed E-state index contributed by atoms with van der Waals surface area (Å²) in [5, 5.41) is 9.40. The number of fused-ring (bicyclic) bond motifs is 1. The minimum Gasteiger partial charge on any atom is -0.481 e. The second kappa shape index (κ2) is 4.18. The first-order chi connectivity index (χ1) is 10.0. The van der Waals surface area contributed by atoms with E-state index < -0.39 is 29.5 Å². The molecule has 0 aliphatic carbocycles. The van der Waals surface area contributed by atoms with Gasteiger partial charge in [0.1, 0.15) is 11.5 Å². The van der Waals surface area contributed by atoms with Crippen LogP contribution in [0.25, 0.3) is 0 Å². The van der Waals surface area contributed by atoms with Crippen LogP contribution in [-0.4, -0.2) is 35.2 Å². The summed E-state index contributed by atoms with van der Waals surface area (Å²) in [6.45, 7) is 0.370. The van der Waals surface area contributed by atoms with Crippen molar-refractivity contribution in [2.24, 2.45) is 11.8 Å². The third-order valence-electron chi connectivity index (χ3n) is 4.52. The molecule has 0 aromatic heterocycles. The molecule has 3 heterocycles. The van der Waals surface area contributed by atoms with E-state index in [2.05, 4.69) is 15.9 Å². The van der Waals surface area contributed by atoms with Crippen LogP contribution in [0.4, 0.5) is 5.69 Å². The summed E-state index contributed by atoms with van der Waals surface area (Å²) < 4.78 is 6.77. The Morgan fingerprint density at radius 2 is 2.10 bits per heavy atom. The molecule has 3 aliphatic heterocycles. The molecule has 108 valence electrons. The molecule has 2 fully saturated rings. The van der Waals surface area contributed by atoms with E-state index in [9.17, 15) is 14.7 Å². The molecule has 4 rings (SSSR count). The summed E-state index contributed by atoms with van der Waals surface area (Å²) in [7, 11) is 0. The van der Waals surface area contributed by atoms with Crippen molar-refractivity contribution < 1.29 is 19.4 Å². The zero-order valence-electron chi connectivity index (χ0n) is 10.9. The number of carboxylic acid groups (broad SMARTS) is 1. The summed E-state index contributed by atoms with van der Waals surface area (Å²) in [5.74, 6) is -2.56. The Hall–Kier alpha value is -1.66. The van der Waals surface area contributed by atoms with Gasteiger partial charge in [-0.1, -0.05) is 28.1 Å². The Morgan fingerprint density at radius 1 is 1.38 bits per heavy atom. The van der Waals surface area contributed by atoms with Crippen LogP contribution in [0.2, 0.25) is 0 Å². The number of nitrogens with zero attached hydrogens (tertiary/aromatic N) is 1. The topological polar surface area (TPSA) is 66.8 Å². The minimum absolute atomic E-state index is 0.170. The van der Waals surface area contributed by atoms with Crippen LogP contribution in [0.1, 0.15) is 0 Å². The Labute approximate surface area is 129 Å². The Balaban J connectivity index is 1.73. The Morgan fingerprint density at radius 3 is 2.76 bits per heavy atom. The van der Waals surface area contributed by atoms with Crippen molar-refractivity contribution in [1.29, 1.82) is 0 Å². The maximum Gasteiger partial charge on any atom is 0.310 e. The lowest BCUT2D eigenvalue weighted by Gasteiger charge is -2.21. The molecular weight excluding hydrogens is 338 g/mol. The number of carbonyl (C=O) groups excluding carboxylic acids is 1. The van der Waals surface area contributed by atoms with Crippen molar-refractivity contribution in [2.75, 3.05) is 11.4 Å².